The van der Waals surface area contributed by atoms with Gasteiger partial charge in [-0.25, -0.2) is 0 Å². The number of pyridine rings is 1. The molecule has 1 atom stereocenters. The Morgan fingerprint density at radius 3 is 2.51 bits per heavy atom. The summed E-state index contributed by atoms with van der Waals surface area (Å²) in [4.78, 5) is 4.58. The van der Waals surface area contributed by atoms with E-state index in [0.717, 1.165) is 46.1 Å². The highest BCUT2D eigenvalue weighted by atomic mass is 15.3. The maximum Gasteiger partial charge on any atom is 0.108 e. The second-order valence-corrected chi connectivity index (χ2v) is 11.3. The Balaban J connectivity index is 1.02. The van der Waals surface area contributed by atoms with Crippen LogP contribution in [0.3, 0.4) is 0 Å². The first kappa shape index (κ1) is 23.8. The Morgan fingerprint density at radius 2 is 1.63 bits per heavy atom. The number of hydrazone groups is 1. The third-order valence-corrected chi connectivity index (χ3v) is 8.97. The van der Waals surface area contributed by atoms with E-state index in [2.05, 4.69) is 89.2 Å². The van der Waals surface area contributed by atoms with Crippen molar-refractivity contribution in [3.63, 3.8) is 0 Å². The molecule has 1 unspecified atom stereocenters. The van der Waals surface area contributed by atoms with Gasteiger partial charge in [-0.3, -0.25) is 15.8 Å². The van der Waals surface area contributed by atoms with Crippen molar-refractivity contribution in [2.45, 2.75) is 25.2 Å². The molecule has 4 aromatic carbocycles. The van der Waals surface area contributed by atoms with E-state index in [4.69, 9.17) is 5.41 Å². The Labute approximate surface area is 239 Å². The Bertz CT molecular complexity index is 1990. The van der Waals surface area contributed by atoms with Gasteiger partial charge >= 0.3 is 0 Å². The van der Waals surface area contributed by atoms with Crippen molar-refractivity contribution in [1.82, 2.24) is 4.98 Å². The van der Waals surface area contributed by atoms with Gasteiger partial charge in [-0.2, -0.15) is 5.10 Å². The summed E-state index contributed by atoms with van der Waals surface area (Å²) < 4.78 is 0. The first-order valence-corrected chi connectivity index (χ1v) is 14.1. The molecule has 5 aromatic rings. The fourth-order valence-corrected chi connectivity index (χ4v) is 6.89. The largest absolute Gasteiger partial charge is 0.299 e. The van der Waals surface area contributed by atoms with E-state index in [1.54, 1.807) is 0 Å². The standard InChI is InChI=1S/C37H28N4/c1-37-19-18-31-28(15-16-30(36(31)37)29-7-3-4-8-32(29)37)24-12-17-35(33(38)21-24)41-40-27-13-10-23(11-14-27)26-20-25-6-2-5-9-34(25)39-22-26/h2-17,20-22,38,40H,18-19H2,1H3/b38-33?,41-35-. The number of rotatable bonds is 4. The number of fused-ring (bicyclic) bond motifs is 4. The minimum atomic E-state index is 0.0839. The zero-order valence-electron chi connectivity index (χ0n) is 22.8. The minimum Gasteiger partial charge on any atom is -0.299 e. The van der Waals surface area contributed by atoms with Crippen LogP contribution in [0.25, 0.3) is 38.7 Å². The van der Waals surface area contributed by atoms with Crippen molar-refractivity contribution in [1.29, 1.82) is 5.41 Å². The van der Waals surface area contributed by atoms with Gasteiger partial charge in [0.1, 0.15) is 5.71 Å². The second kappa shape index (κ2) is 8.97. The lowest BCUT2D eigenvalue weighted by molar-refractivity contribution is 0.579. The van der Waals surface area contributed by atoms with Gasteiger partial charge in [-0.15, -0.1) is 0 Å². The van der Waals surface area contributed by atoms with Gasteiger partial charge in [-0.05, 0) is 93.8 Å². The number of nitrogens with zero attached hydrogens (tertiary/aromatic N) is 2. The quantitative estimate of drug-likeness (QED) is 0.181. The molecule has 0 fully saturated rings. The van der Waals surface area contributed by atoms with Crippen molar-refractivity contribution < 1.29 is 0 Å². The van der Waals surface area contributed by atoms with Crippen LogP contribution < -0.4 is 5.43 Å². The molecular formula is C37H28N4. The zero-order valence-corrected chi connectivity index (χ0v) is 22.8. The lowest BCUT2D eigenvalue weighted by Gasteiger charge is -2.22. The summed E-state index contributed by atoms with van der Waals surface area (Å²) in [6.07, 6.45) is 10.1. The van der Waals surface area contributed by atoms with Crippen molar-refractivity contribution in [3.05, 3.63) is 138 Å². The van der Waals surface area contributed by atoms with Crippen LogP contribution in [-0.4, -0.2) is 16.4 Å². The Morgan fingerprint density at radius 1 is 0.829 bits per heavy atom. The number of nitrogens with one attached hydrogen (secondary N) is 2. The van der Waals surface area contributed by atoms with Crippen molar-refractivity contribution in [2.75, 3.05) is 5.43 Å². The normalized spacial score (nSPS) is 19.4. The molecule has 3 aliphatic rings. The van der Waals surface area contributed by atoms with E-state index >= 15 is 0 Å². The summed E-state index contributed by atoms with van der Waals surface area (Å²) >= 11 is 0. The smallest absolute Gasteiger partial charge is 0.108 e. The third kappa shape index (κ3) is 3.71. The molecule has 4 heteroatoms. The molecule has 41 heavy (non-hydrogen) atoms. The lowest BCUT2D eigenvalue weighted by Crippen LogP contribution is -2.16. The average molecular weight is 529 g/mol. The molecule has 0 aliphatic heterocycles. The topological polar surface area (TPSA) is 61.1 Å². The Hall–Kier alpha value is -5.09. The predicted octanol–water partition coefficient (Wildman–Crippen LogP) is 8.58. The van der Waals surface area contributed by atoms with Crippen LogP contribution in [0.4, 0.5) is 5.69 Å². The minimum absolute atomic E-state index is 0.0839. The van der Waals surface area contributed by atoms with Crippen molar-refractivity contribution in [2.24, 2.45) is 5.10 Å². The summed E-state index contributed by atoms with van der Waals surface area (Å²) in [6, 6.07) is 31.8. The third-order valence-electron chi connectivity index (χ3n) is 8.97. The lowest BCUT2D eigenvalue weighted by atomic mass is 9.81. The van der Waals surface area contributed by atoms with Crippen LogP contribution in [0.2, 0.25) is 0 Å². The summed E-state index contributed by atoms with van der Waals surface area (Å²) in [5.74, 6) is 0. The maximum atomic E-state index is 8.73. The van der Waals surface area contributed by atoms with E-state index in [1.165, 1.54) is 33.4 Å². The molecule has 0 amide bonds. The number of aromatic nitrogens is 1. The van der Waals surface area contributed by atoms with E-state index in [-0.39, 0.29) is 5.41 Å². The summed E-state index contributed by atoms with van der Waals surface area (Å²) in [6.45, 7) is 2.40. The molecular weight excluding hydrogens is 500 g/mol. The number of anilines is 1. The van der Waals surface area contributed by atoms with Crippen LogP contribution in [-0.2, 0) is 11.8 Å². The molecule has 0 spiro atoms. The first-order chi connectivity index (χ1) is 20.1. The van der Waals surface area contributed by atoms with Crippen LogP contribution in [0, 0.1) is 5.41 Å². The molecule has 1 aromatic heterocycles. The van der Waals surface area contributed by atoms with Crippen LogP contribution in [0.15, 0.2) is 121 Å². The van der Waals surface area contributed by atoms with E-state index in [1.807, 2.05) is 48.7 Å². The van der Waals surface area contributed by atoms with Gasteiger partial charge in [-0.1, -0.05) is 79.7 Å². The number of para-hydroxylation sites is 1. The fraction of sp³-hybridized carbons (Fsp3) is 0.108. The number of allylic oxidation sites excluding steroid dienone is 4. The molecule has 0 saturated carbocycles. The molecule has 0 saturated heterocycles. The average Bonchev–Trinajstić information content (AvgIpc) is 3.50. The van der Waals surface area contributed by atoms with Gasteiger partial charge < -0.3 is 0 Å². The van der Waals surface area contributed by atoms with E-state index in [9.17, 15) is 0 Å². The molecule has 2 N–H and O–H groups in total. The molecule has 1 heterocycles. The van der Waals surface area contributed by atoms with Gasteiger partial charge in [0.05, 0.1) is 16.9 Å². The van der Waals surface area contributed by atoms with Gasteiger partial charge in [0.25, 0.3) is 0 Å². The Kier molecular flexibility index (Phi) is 5.20. The number of hydrogen-bond donors (Lipinski definition) is 2. The fourth-order valence-electron chi connectivity index (χ4n) is 6.89. The second-order valence-electron chi connectivity index (χ2n) is 11.3. The zero-order chi connectivity index (χ0) is 27.6. The van der Waals surface area contributed by atoms with Crippen molar-refractivity contribution >= 4 is 33.6 Å². The summed E-state index contributed by atoms with van der Waals surface area (Å²) in [5.41, 5.74) is 17.7. The van der Waals surface area contributed by atoms with Crippen LogP contribution >= 0.6 is 0 Å². The number of hydrogen-bond acceptors (Lipinski definition) is 4. The molecule has 4 nitrogen and oxygen atoms in total. The number of benzene rings is 4. The molecule has 0 bridgehead atoms. The predicted molar refractivity (Wildman–Crippen MR) is 170 cm³/mol. The molecule has 3 aliphatic carbocycles. The molecule has 196 valence electrons. The summed E-state index contributed by atoms with van der Waals surface area (Å²) in [7, 11) is 0. The molecule has 8 rings (SSSR count). The highest BCUT2D eigenvalue weighted by Gasteiger charge is 2.45. The van der Waals surface area contributed by atoms with Crippen molar-refractivity contribution in [3.8, 4) is 22.3 Å². The van der Waals surface area contributed by atoms with Gasteiger partial charge in [0, 0.05) is 22.6 Å². The summed E-state index contributed by atoms with van der Waals surface area (Å²) in [5, 5.41) is 14.4. The van der Waals surface area contributed by atoms with Crippen LogP contribution in [0.5, 0.6) is 0 Å². The van der Waals surface area contributed by atoms with Gasteiger partial charge in [0.2, 0.25) is 0 Å². The highest BCUT2D eigenvalue weighted by Crippen LogP contribution is 2.57. The maximum absolute atomic E-state index is 8.73. The first-order valence-electron chi connectivity index (χ1n) is 14.1. The van der Waals surface area contributed by atoms with E-state index < -0.39 is 0 Å². The highest BCUT2D eigenvalue weighted by molar-refractivity contribution is 6.51. The van der Waals surface area contributed by atoms with Crippen LogP contribution in [0.1, 0.15) is 35.6 Å². The monoisotopic (exact) mass is 528 g/mol. The SMILES string of the molecule is CC12CCc3c(C4=CC(=N)/C(=N\Nc5ccc(-c6cnc7ccccc7c6)cc5)C=C4)ccc(c31)-c1ccccc12. The van der Waals surface area contributed by atoms with Gasteiger partial charge in [0.15, 0.2) is 0 Å². The van der Waals surface area contributed by atoms with E-state index in [0.29, 0.717) is 11.4 Å². The molecule has 0 radical (unpaired) electrons.